The molecule has 0 aliphatic carbocycles. The minimum absolute atomic E-state index is 0.197. The molecule has 2 aromatic carbocycles. The first-order valence-electron chi connectivity index (χ1n) is 5.00. The van der Waals surface area contributed by atoms with Crippen LogP contribution >= 0.6 is 11.8 Å². The molecule has 2 rings (SSSR count). The van der Waals surface area contributed by atoms with Crippen LogP contribution in [0.5, 0.6) is 0 Å². The van der Waals surface area contributed by atoms with Crippen LogP contribution in [0.25, 0.3) is 6.08 Å². The summed E-state index contributed by atoms with van der Waals surface area (Å²) in [6.45, 7) is 0. The quantitative estimate of drug-likeness (QED) is 0.686. The molecule has 0 amide bonds. The van der Waals surface area contributed by atoms with Gasteiger partial charge in [-0.25, -0.2) is 0 Å². The Kier molecular flexibility index (Phi) is 3.78. The molecule has 0 aromatic heterocycles. The molecule has 2 heteroatoms. The summed E-state index contributed by atoms with van der Waals surface area (Å²) in [6, 6.07) is 19.0. The number of thioether (sulfide) groups is 1. The molecule has 0 spiro atoms. The van der Waals surface area contributed by atoms with Gasteiger partial charge in [0.1, 0.15) is 0 Å². The Labute approximate surface area is 98.8 Å². The topological polar surface area (TPSA) is 0 Å². The van der Waals surface area contributed by atoms with Gasteiger partial charge in [-0.05, 0) is 23.8 Å². The second-order valence-electron chi connectivity index (χ2n) is 3.27. The van der Waals surface area contributed by atoms with Crippen LogP contribution < -0.4 is 0 Å². The Hall–Kier alpha value is -1.54. The Morgan fingerprint density at radius 1 is 0.875 bits per heavy atom. The Bertz CT molecular complexity index is 463. The van der Waals surface area contributed by atoms with Crippen molar-refractivity contribution in [2.75, 3.05) is 0 Å². The lowest BCUT2D eigenvalue weighted by molar-refractivity contribution is 0.706. The minimum atomic E-state index is -0.197. The minimum Gasteiger partial charge on any atom is -0.199 e. The fourth-order valence-electron chi connectivity index (χ4n) is 1.31. The van der Waals surface area contributed by atoms with Crippen LogP contribution in [0.2, 0.25) is 0 Å². The van der Waals surface area contributed by atoms with Crippen molar-refractivity contribution in [2.45, 2.75) is 4.90 Å². The molecule has 0 bridgehead atoms. The van der Waals surface area contributed by atoms with Gasteiger partial charge in [0.05, 0.1) is 0 Å². The van der Waals surface area contributed by atoms with Gasteiger partial charge in [-0.2, -0.15) is 4.39 Å². The first-order chi connectivity index (χ1) is 7.84. The van der Waals surface area contributed by atoms with Crippen molar-refractivity contribution < 1.29 is 4.39 Å². The maximum atomic E-state index is 13.6. The van der Waals surface area contributed by atoms with Gasteiger partial charge in [-0.15, -0.1) is 0 Å². The van der Waals surface area contributed by atoms with Crippen molar-refractivity contribution in [2.24, 2.45) is 0 Å². The summed E-state index contributed by atoms with van der Waals surface area (Å²) >= 11 is 1.13. The first kappa shape index (κ1) is 11.0. The van der Waals surface area contributed by atoms with Crippen molar-refractivity contribution in [3.05, 3.63) is 71.4 Å². The summed E-state index contributed by atoms with van der Waals surface area (Å²) in [5.41, 5.74) is 0.878. The smallest absolute Gasteiger partial charge is 0.161 e. The number of rotatable bonds is 3. The zero-order valence-corrected chi connectivity index (χ0v) is 9.45. The third-order valence-corrected chi connectivity index (χ3v) is 2.86. The molecule has 0 atom stereocenters. The predicted molar refractivity (Wildman–Crippen MR) is 67.8 cm³/mol. The summed E-state index contributed by atoms with van der Waals surface area (Å²) in [4.78, 5) is 0.909. The van der Waals surface area contributed by atoms with Crippen molar-refractivity contribution in [3.63, 3.8) is 0 Å². The second-order valence-corrected chi connectivity index (χ2v) is 4.34. The van der Waals surface area contributed by atoms with Crippen LogP contribution in [0, 0.1) is 0 Å². The zero-order valence-electron chi connectivity index (χ0n) is 8.64. The highest BCUT2D eigenvalue weighted by atomic mass is 32.2. The number of hydrogen-bond acceptors (Lipinski definition) is 1. The average Bonchev–Trinajstić information content (AvgIpc) is 2.31. The van der Waals surface area contributed by atoms with E-state index in [2.05, 4.69) is 0 Å². The van der Waals surface area contributed by atoms with Crippen molar-refractivity contribution >= 4 is 17.8 Å². The molecule has 0 aliphatic heterocycles. The lowest BCUT2D eigenvalue weighted by Crippen LogP contribution is -1.72. The molecule has 2 aromatic rings. The molecule has 0 N–H and O–H groups in total. The van der Waals surface area contributed by atoms with E-state index >= 15 is 0 Å². The molecule has 16 heavy (non-hydrogen) atoms. The predicted octanol–water partition coefficient (Wildman–Crippen LogP) is 4.75. The maximum absolute atomic E-state index is 13.6. The van der Waals surface area contributed by atoms with Crippen LogP contribution in [0.3, 0.4) is 0 Å². The molecule has 0 heterocycles. The van der Waals surface area contributed by atoms with Crippen molar-refractivity contribution in [1.82, 2.24) is 0 Å². The van der Waals surface area contributed by atoms with E-state index in [9.17, 15) is 4.39 Å². The van der Waals surface area contributed by atoms with Gasteiger partial charge in [0.15, 0.2) is 5.16 Å². The van der Waals surface area contributed by atoms with E-state index in [0.717, 1.165) is 22.2 Å². The Balaban J connectivity index is 2.09. The second kappa shape index (κ2) is 5.52. The van der Waals surface area contributed by atoms with E-state index in [4.69, 9.17) is 0 Å². The standard InChI is InChI=1S/C14H11FS/c15-14(11-12-7-3-1-4-8-12)16-13-9-5-2-6-10-13/h1-11H/b14-11+. The summed E-state index contributed by atoms with van der Waals surface area (Å²) < 4.78 is 13.6. The van der Waals surface area contributed by atoms with Crippen LogP contribution in [-0.4, -0.2) is 0 Å². The van der Waals surface area contributed by atoms with E-state index in [1.54, 1.807) is 0 Å². The van der Waals surface area contributed by atoms with Crippen LogP contribution in [0.4, 0.5) is 4.39 Å². The van der Waals surface area contributed by atoms with Gasteiger partial charge in [0, 0.05) is 4.90 Å². The zero-order chi connectivity index (χ0) is 11.2. The van der Waals surface area contributed by atoms with Crippen LogP contribution in [0.15, 0.2) is 70.7 Å². The number of benzene rings is 2. The van der Waals surface area contributed by atoms with Crippen molar-refractivity contribution in [1.29, 1.82) is 0 Å². The van der Waals surface area contributed by atoms with Gasteiger partial charge in [-0.3, -0.25) is 0 Å². The van der Waals surface area contributed by atoms with Gasteiger partial charge in [-0.1, -0.05) is 60.3 Å². The highest BCUT2D eigenvalue weighted by molar-refractivity contribution is 8.03. The van der Waals surface area contributed by atoms with Gasteiger partial charge in [0.25, 0.3) is 0 Å². The summed E-state index contributed by atoms with van der Waals surface area (Å²) in [6.07, 6.45) is 1.54. The normalized spacial score (nSPS) is 11.4. The molecular weight excluding hydrogens is 219 g/mol. The maximum Gasteiger partial charge on any atom is 0.161 e. The van der Waals surface area contributed by atoms with E-state index in [-0.39, 0.29) is 5.16 Å². The summed E-state index contributed by atoms with van der Waals surface area (Å²) in [5.74, 6) is 0. The Morgan fingerprint density at radius 3 is 2.06 bits per heavy atom. The third kappa shape index (κ3) is 3.24. The SMILES string of the molecule is F/C(=C\c1ccccc1)Sc1ccccc1. The number of hydrogen-bond donors (Lipinski definition) is 0. The highest BCUT2D eigenvalue weighted by Crippen LogP contribution is 2.28. The largest absolute Gasteiger partial charge is 0.199 e. The van der Waals surface area contributed by atoms with E-state index < -0.39 is 0 Å². The molecule has 0 radical (unpaired) electrons. The highest BCUT2D eigenvalue weighted by Gasteiger charge is 1.98. The van der Waals surface area contributed by atoms with Crippen LogP contribution in [-0.2, 0) is 0 Å². The van der Waals surface area contributed by atoms with Crippen LogP contribution in [0.1, 0.15) is 5.56 Å². The first-order valence-corrected chi connectivity index (χ1v) is 5.81. The lowest BCUT2D eigenvalue weighted by Gasteiger charge is -1.98. The van der Waals surface area contributed by atoms with Gasteiger partial charge < -0.3 is 0 Å². The monoisotopic (exact) mass is 230 g/mol. The van der Waals surface area contributed by atoms with Gasteiger partial charge >= 0.3 is 0 Å². The molecule has 0 fully saturated rings. The summed E-state index contributed by atoms with van der Waals surface area (Å²) in [5, 5.41) is -0.197. The fraction of sp³-hybridized carbons (Fsp3) is 0. The van der Waals surface area contributed by atoms with E-state index in [0.29, 0.717) is 0 Å². The molecule has 0 aliphatic rings. The van der Waals surface area contributed by atoms with Gasteiger partial charge in [0.2, 0.25) is 0 Å². The fourth-order valence-corrected chi connectivity index (χ4v) is 2.02. The molecule has 0 nitrogen and oxygen atoms in total. The lowest BCUT2D eigenvalue weighted by atomic mass is 10.2. The van der Waals surface area contributed by atoms with Crippen molar-refractivity contribution in [3.8, 4) is 0 Å². The van der Waals surface area contributed by atoms with E-state index in [1.165, 1.54) is 6.08 Å². The van der Waals surface area contributed by atoms with E-state index in [1.807, 2.05) is 60.7 Å². The molecule has 0 unspecified atom stereocenters. The Morgan fingerprint density at radius 2 is 1.44 bits per heavy atom. The molecule has 80 valence electrons. The molecule has 0 saturated heterocycles. The number of halogens is 1. The molecule has 0 saturated carbocycles. The third-order valence-electron chi connectivity index (χ3n) is 2.04. The summed E-state index contributed by atoms with van der Waals surface area (Å²) in [7, 11) is 0. The average molecular weight is 230 g/mol. The molecular formula is C14H11FS.